The van der Waals surface area contributed by atoms with Crippen molar-refractivity contribution in [2.24, 2.45) is 0 Å². The summed E-state index contributed by atoms with van der Waals surface area (Å²) in [6.45, 7) is 4.58. The van der Waals surface area contributed by atoms with Crippen LogP contribution in [0.25, 0.3) is 5.70 Å². The molecular formula is C29H30N2O4. The zero-order chi connectivity index (χ0) is 25.0. The van der Waals surface area contributed by atoms with E-state index >= 15 is 0 Å². The monoisotopic (exact) mass is 470 g/mol. The first-order chi connectivity index (χ1) is 16.8. The Balaban J connectivity index is 1.53. The van der Waals surface area contributed by atoms with Crippen molar-refractivity contribution in [1.82, 2.24) is 10.6 Å². The van der Waals surface area contributed by atoms with Crippen LogP contribution in [0, 0.1) is 0 Å². The third-order valence-corrected chi connectivity index (χ3v) is 6.01. The van der Waals surface area contributed by atoms with Crippen LogP contribution in [0.5, 0.6) is 11.5 Å². The Morgan fingerprint density at radius 3 is 2.34 bits per heavy atom. The molecule has 4 rings (SSSR count). The zero-order valence-electron chi connectivity index (χ0n) is 20.5. The van der Waals surface area contributed by atoms with Gasteiger partial charge in [0, 0.05) is 40.5 Å². The molecule has 0 saturated heterocycles. The van der Waals surface area contributed by atoms with Gasteiger partial charge in [-0.3, -0.25) is 9.59 Å². The molecule has 0 unspecified atom stereocenters. The van der Waals surface area contributed by atoms with E-state index in [1.54, 1.807) is 44.6 Å². The normalized spacial score (nSPS) is 15.0. The Morgan fingerprint density at radius 2 is 1.63 bits per heavy atom. The van der Waals surface area contributed by atoms with Crippen LogP contribution in [0.1, 0.15) is 51.3 Å². The highest BCUT2D eigenvalue weighted by Gasteiger charge is 2.28. The molecule has 1 aliphatic rings. The number of amides is 1. The van der Waals surface area contributed by atoms with Crippen LogP contribution in [0.15, 0.2) is 72.8 Å². The molecule has 1 heterocycles. The number of ether oxygens (including phenoxy) is 2. The molecule has 6 heteroatoms. The fourth-order valence-electron chi connectivity index (χ4n) is 4.21. The second-order valence-electron chi connectivity index (χ2n) is 9.24. The minimum Gasteiger partial charge on any atom is -0.497 e. The molecule has 180 valence electrons. The molecule has 0 spiro atoms. The second kappa shape index (κ2) is 10.1. The van der Waals surface area contributed by atoms with Gasteiger partial charge in [-0.15, -0.1) is 0 Å². The van der Waals surface area contributed by atoms with Gasteiger partial charge in [0.1, 0.15) is 11.5 Å². The topological polar surface area (TPSA) is 76.7 Å². The zero-order valence-corrected chi connectivity index (χ0v) is 20.5. The first-order valence-corrected chi connectivity index (χ1v) is 11.5. The highest BCUT2D eigenvalue weighted by Crippen LogP contribution is 2.32. The molecule has 0 aromatic heterocycles. The molecule has 0 atom stereocenters. The first-order valence-electron chi connectivity index (χ1n) is 11.5. The van der Waals surface area contributed by atoms with E-state index in [2.05, 4.69) is 24.5 Å². The number of allylic oxidation sites excluding steroid dienone is 1. The largest absolute Gasteiger partial charge is 0.497 e. The minimum absolute atomic E-state index is 0.177. The van der Waals surface area contributed by atoms with Gasteiger partial charge in [0.15, 0.2) is 5.78 Å². The number of carbonyl (C=O) groups is 2. The van der Waals surface area contributed by atoms with Crippen molar-refractivity contribution >= 4 is 17.4 Å². The lowest BCUT2D eigenvalue weighted by Crippen LogP contribution is -2.43. The third-order valence-electron chi connectivity index (χ3n) is 6.01. The summed E-state index contributed by atoms with van der Waals surface area (Å²) in [4.78, 5) is 25.9. The van der Waals surface area contributed by atoms with Crippen LogP contribution in [0.3, 0.4) is 0 Å². The smallest absolute Gasteiger partial charge is 0.251 e. The van der Waals surface area contributed by atoms with Crippen LogP contribution in [-0.2, 0) is 13.0 Å². The van der Waals surface area contributed by atoms with Crippen LogP contribution >= 0.6 is 0 Å². The molecule has 35 heavy (non-hydrogen) atoms. The predicted octanol–water partition coefficient (Wildman–Crippen LogP) is 4.78. The summed E-state index contributed by atoms with van der Waals surface area (Å²) < 4.78 is 10.5. The first kappa shape index (κ1) is 24.1. The van der Waals surface area contributed by atoms with E-state index in [1.165, 1.54) is 0 Å². The molecule has 0 aliphatic carbocycles. The Bertz CT molecular complexity index is 1280. The molecule has 2 N–H and O–H groups in total. The predicted molar refractivity (Wildman–Crippen MR) is 137 cm³/mol. The summed E-state index contributed by atoms with van der Waals surface area (Å²) in [5.74, 6) is 1.08. The minimum atomic E-state index is -0.241. The van der Waals surface area contributed by atoms with E-state index in [-0.39, 0.29) is 17.2 Å². The molecule has 3 aromatic carbocycles. The molecule has 3 aromatic rings. The number of carbonyl (C=O) groups excluding carboxylic acids is 2. The van der Waals surface area contributed by atoms with Crippen molar-refractivity contribution in [1.29, 1.82) is 0 Å². The Morgan fingerprint density at radius 1 is 0.943 bits per heavy atom. The van der Waals surface area contributed by atoms with Gasteiger partial charge < -0.3 is 20.1 Å². The van der Waals surface area contributed by atoms with Gasteiger partial charge in [-0.05, 0) is 67.8 Å². The van der Waals surface area contributed by atoms with Gasteiger partial charge in [-0.1, -0.05) is 30.3 Å². The van der Waals surface area contributed by atoms with Crippen molar-refractivity contribution in [2.45, 2.75) is 32.4 Å². The van der Waals surface area contributed by atoms with Gasteiger partial charge in [0.2, 0.25) is 0 Å². The van der Waals surface area contributed by atoms with Gasteiger partial charge in [-0.25, -0.2) is 0 Å². The molecule has 6 nitrogen and oxygen atoms in total. The average molecular weight is 471 g/mol. The molecule has 0 fully saturated rings. The summed E-state index contributed by atoms with van der Waals surface area (Å²) in [6, 6.07) is 20.2. The van der Waals surface area contributed by atoms with E-state index in [0.717, 1.165) is 40.3 Å². The molecule has 0 saturated carbocycles. The van der Waals surface area contributed by atoms with E-state index in [1.807, 2.05) is 42.5 Å². The number of methoxy groups -OCH3 is 2. The van der Waals surface area contributed by atoms with Crippen LogP contribution in [-0.4, -0.2) is 31.4 Å². The van der Waals surface area contributed by atoms with Crippen molar-refractivity contribution in [2.75, 3.05) is 14.2 Å². The summed E-state index contributed by atoms with van der Waals surface area (Å²) in [5, 5.41) is 6.39. The van der Waals surface area contributed by atoms with E-state index < -0.39 is 0 Å². The van der Waals surface area contributed by atoms with Crippen LogP contribution < -0.4 is 20.1 Å². The standard InChI is InChI=1S/C29H30N2O4/c1-29(2)17-22-10-13-24(35-4)15-25(22)26(31-29)16-27(32)20-6-5-7-21(14-20)28(33)30-18-19-8-11-23(34-3)12-9-19/h5-16,31H,17-18H2,1-4H3,(H,30,33). The van der Waals surface area contributed by atoms with Gasteiger partial charge in [0.25, 0.3) is 5.91 Å². The van der Waals surface area contributed by atoms with Crippen molar-refractivity contribution < 1.29 is 19.1 Å². The molecular weight excluding hydrogens is 440 g/mol. The van der Waals surface area contributed by atoms with Crippen molar-refractivity contribution in [3.05, 3.63) is 101 Å². The maximum absolute atomic E-state index is 13.2. The fraction of sp³-hybridized carbons (Fsp3) is 0.241. The number of nitrogens with one attached hydrogen (secondary N) is 2. The van der Waals surface area contributed by atoms with Crippen LogP contribution in [0.2, 0.25) is 0 Å². The third kappa shape index (κ3) is 5.72. The Labute approximate surface area is 206 Å². The van der Waals surface area contributed by atoms with E-state index in [9.17, 15) is 9.59 Å². The number of ketones is 1. The number of rotatable bonds is 7. The maximum atomic E-state index is 13.2. The summed E-state index contributed by atoms with van der Waals surface area (Å²) in [5.41, 5.74) is 4.49. The van der Waals surface area contributed by atoms with Crippen molar-refractivity contribution in [3.63, 3.8) is 0 Å². The average Bonchev–Trinajstić information content (AvgIpc) is 2.86. The molecule has 1 aliphatic heterocycles. The fourth-order valence-corrected chi connectivity index (χ4v) is 4.21. The maximum Gasteiger partial charge on any atom is 0.251 e. The van der Waals surface area contributed by atoms with E-state index in [4.69, 9.17) is 9.47 Å². The summed E-state index contributed by atoms with van der Waals surface area (Å²) in [7, 11) is 3.24. The van der Waals surface area contributed by atoms with Crippen LogP contribution in [0.4, 0.5) is 0 Å². The van der Waals surface area contributed by atoms with Gasteiger partial charge in [0.05, 0.1) is 14.2 Å². The summed E-state index contributed by atoms with van der Waals surface area (Å²) >= 11 is 0. The van der Waals surface area contributed by atoms with E-state index in [0.29, 0.717) is 17.7 Å². The number of hydrogen-bond donors (Lipinski definition) is 2. The van der Waals surface area contributed by atoms with Gasteiger partial charge in [-0.2, -0.15) is 0 Å². The Hall–Kier alpha value is -4.06. The quantitative estimate of drug-likeness (QED) is 0.384. The molecule has 0 bridgehead atoms. The number of benzene rings is 3. The lowest BCUT2D eigenvalue weighted by atomic mass is 9.85. The lowest BCUT2D eigenvalue weighted by Gasteiger charge is -2.35. The van der Waals surface area contributed by atoms with Gasteiger partial charge >= 0.3 is 0 Å². The summed E-state index contributed by atoms with van der Waals surface area (Å²) in [6.07, 6.45) is 2.44. The SMILES string of the molecule is COc1ccc(CNC(=O)c2cccc(C(=O)C=C3NC(C)(C)Cc4ccc(OC)cc43)c2)cc1. The number of hydrogen-bond acceptors (Lipinski definition) is 5. The molecule has 0 radical (unpaired) electrons. The lowest BCUT2D eigenvalue weighted by molar-refractivity contribution is 0.0951. The highest BCUT2D eigenvalue weighted by atomic mass is 16.5. The van der Waals surface area contributed by atoms with Crippen molar-refractivity contribution in [3.8, 4) is 11.5 Å². The highest BCUT2D eigenvalue weighted by molar-refractivity contribution is 6.10. The Kier molecular flexibility index (Phi) is 6.92. The number of fused-ring (bicyclic) bond motifs is 1. The molecule has 1 amide bonds. The second-order valence-corrected chi connectivity index (χ2v) is 9.24.